The Kier molecular flexibility index (Phi) is 5.03. The first-order valence-corrected chi connectivity index (χ1v) is 7.86. The van der Waals surface area contributed by atoms with Crippen molar-refractivity contribution in [3.8, 4) is 0 Å². The molecule has 122 valence electrons. The first kappa shape index (κ1) is 16.4. The van der Waals surface area contributed by atoms with Crippen molar-refractivity contribution in [1.82, 2.24) is 10.3 Å². The molecule has 3 aromatic rings. The molecule has 2 N–H and O–H groups in total. The molecule has 0 unspecified atom stereocenters. The molecule has 0 saturated heterocycles. The van der Waals surface area contributed by atoms with Gasteiger partial charge >= 0.3 is 0 Å². The van der Waals surface area contributed by atoms with Gasteiger partial charge in [0.05, 0.1) is 35.4 Å². The standard InChI is InChI=1S/C17H13Cl2N3O2/c18-11-3-5-14(19)16(8-11)22-12-4-6-15(20-9-12)17(23)21-10-13-2-1-7-24-13/h1-9,22H,10H2,(H,21,23). The molecule has 0 aliphatic carbocycles. The van der Waals surface area contributed by atoms with Gasteiger partial charge in [0.25, 0.3) is 5.91 Å². The molecule has 0 radical (unpaired) electrons. The van der Waals surface area contributed by atoms with Crippen LogP contribution in [0.5, 0.6) is 0 Å². The fourth-order valence-corrected chi connectivity index (χ4v) is 2.36. The molecule has 0 bridgehead atoms. The molecule has 0 saturated carbocycles. The number of benzene rings is 1. The molecule has 1 amide bonds. The molecule has 0 fully saturated rings. The van der Waals surface area contributed by atoms with E-state index in [1.54, 1.807) is 54.9 Å². The topological polar surface area (TPSA) is 67.2 Å². The molecule has 24 heavy (non-hydrogen) atoms. The second kappa shape index (κ2) is 7.38. The Labute approximate surface area is 148 Å². The Morgan fingerprint density at radius 2 is 2.04 bits per heavy atom. The van der Waals surface area contributed by atoms with E-state index in [4.69, 9.17) is 27.6 Å². The molecule has 2 heterocycles. The number of anilines is 2. The van der Waals surface area contributed by atoms with E-state index in [9.17, 15) is 4.79 Å². The van der Waals surface area contributed by atoms with E-state index in [-0.39, 0.29) is 5.91 Å². The zero-order chi connectivity index (χ0) is 16.9. The van der Waals surface area contributed by atoms with Crippen LogP contribution in [0.3, 0.4) is 0 Å². The molecule has 2 aromatic heterocycles. The second-order valence-corrected chi connectivity index (χ2v) is 5.79. The monoisotopic (exact) mass is 361 g/mol. The Morgan fingerprint density at radius 3 is 2.75 bits per heavy atom. The van der Waals surface area contributed by atoms with Gasteiger partial charge in [0, 0.05) is 5.02 Å². The minimum Gasteiger partial charge on any atom is -0.467 e. The number of hydrogen-bond acceptors (Lipinski definition) is 4. The summed E-state index contributed by atoms with van der Waals surface area (Å²) in [5.41, 5.74) is 1.67. The van der Waals surface area contributed by atoms with Crippen LogP contribution in [0.1, 0.15) is 16.2 Å². The summed E-state index contributed by atoms with van der Waals surface area (Å²) >= 11 is 12.1. The van der Waals surface area contributed by atoms with Crippen molar-refractivity contribution in [1.29, 1.82) is 0 Å². The van der Waals surface area contributed by atoms with Gasteiger partial charge in [-0.05, 0) is 42.5 Å². The van der Waals surface area contributed by atoms with Crippen molar-refractivity contribution >= 4 is 40.5 Å². The van der Waals surface area contributed by atoms with Crippen molar-refractivity contribution in [3.63, 3.8) is 0 Å². The van der Waals surface area contributed by atoms with Crippen LogP contribution in [0.4, 0.5) is 11.4 Å². The minimum absolute atomic E-state index is 0.279. The molecule has 5 nitrogen and oxygen atoms in total. The van der Waals surface area contributed by atoms with E-state index in [0.29, 0.717) is 39.4 Å². The predicted octanol–water partition coefficient (Wildman–Crippen LogP) is 4.66. The number of carbonyl (C=O) groups is 1. The number of nitrogens with zero attached hydrogens (tertiary/aromatic N) is 1. The van der Waals surface area contributed by atoms with Crippen LogP contribution in [0.15, 0.2) is 59.3 Å². The Hall–Kier alpha value is -2.50. The van der Waals surface area contributed by atoms with Crippen LogP contribution in [-0.2, 0) is 6.54 Å². The summed E-state index contributed by atoms with van der Waals surface area (Å²) in [5, 5.41) is 6.96. The van der Waals surface area contributed by atoms with Crippen molar-refractivity contribution in [2.45, 2.75) is 6.54 Å². The summed E-state index contributed by atoms with van der Waals surface area (Å²) in [5.74, 6) is 0.399. The van der Waals surface area contributed by atoms with Gasteiger partial charge in [-0.1, -0.05) is 23.2 Å². The van der Waals surface area contributed by atoms with Crippen LogP contribution >= 0.6 is 23.2 Å². The lowest BCUT2D eigenvalue weighted by molar-refractivity contribution is 0.0943. The van der Waals surface area contributed by atoms with Gasteiger partial charge in [0.2, 0.25) is 0 Å². The zero-order valence-corrected chi connectivity index (χ0v) is 13.9. The maximum atomic E-state index is 12.0. The van der Waals surface area contributed by atoms with Gasteiger partial charge in [-0.25, -0.2) is 4.98 Å². The normalized spacial score (nSPS) is 10.4. The number of carbonyl (C=O) groups excluding carboxylic acids is 1. The average molecular weight is 362 g/mol. The lowest BCUT2D eigenvalue weighted by atomic mass is 10.2. The first-order valence-electron chi connectivity index (χ1n) is 7.10. The quantitative estimate of drug-likeness (QED) is 0.693. The highest BCUT2D eigenvalue weighted by Gasteiger charge is 2.08. The predicted molar refractivity (Wildman–Crippen MR) is 93.9 cm³/mol. The third kappa shape index (κ3) is 4.07. The summed E-state index contributed by atoms with van der Waals surface area (Å²) < 4.78 is 5.16. The minimum atomic E-state index is -0.279. The Morgan fingerprint density at radius 1 is 1.17 bits per heavy atom. The number of halogens is 2. The largest absolute Gasteiger partial charge is 0.467 e. The second-order valence-electron chi connectivity index (χ2n) is 4.94. The van der Waals surface area contributed by atoms with Crippen LogP contribution in [0, 0.1) is 0 Å². The van der Waals surface area contributed by atoms with Crippen LogP contribution < -0.4 is 10.6 Å². The van der Waals surface area contributed by atoms with Crippen LogP contribution in [0.2, 0.25) is 10.0 Å². The summed E-state index contributed by atoms with van der Waals surface area (Å²) in [6.45, 7) is 0.311. The van der Waals surface area contributed by atoms with E-state index in [0.717, 1.165) is 0 Å². The maximum absolute atomic E-state index is 12.0. The van der Waals surface area contributed by atoms with Crippen molar-refractivity contribution in [2.75, 3.05) is 5.32 Å². The molecule has 0 spiro atoms. The van der Waals surface area contributed by atoms with E-state index in [2.05, 4.69) is 15.6 Å². The highest BCUT2D eigenvalue weighted by Crippen LogP contribution is 2.28. The summed E-state index contributed by atoms with van der Waals surface area (Å²) in [6, 6.07) is 12.0. The lowest BCUT2D eigenvalue weighted by Crippen LogP contribution is -2.23. The fraction of sp³-hybridized carbons (Fsp3) is 0.0588. The number of hydrogen-bond donors (Lipinski definition) is 2. The molecule has 0 aliphatic rings. The van der Waals surface area contributed by atoms with E-state index >= 15 is 0 Å². The summed E-state index contributed by atoms with van der Waals surface area (Å²) in [4.78, 5) is 16.2. The zero-order valence-electron chi connectivity index (χ0n) is 12.4. The third-order valence-electron chi connectivity index (χ3n) is 3.21. The smallest absolute Gasteiger partial charge is 0.270 e. The highest BCUT2D eigenvalue weighted by atomic mass is 35.5. The molecular formula is C17H13Cl2N3O2. The van der Waals surface area contributed by atoms with Gasteiger partial charge in [-0.2, -0.15) is 0 Å². The average Bonchev–Trinajstić information content (AvgIpc) is 3.10. The number of furan rings is 1. The summed E-state index contributed by atoms with van der Waals surface area (Å²) in [6.07, 6.45) is 3.11. The molecule has 0 atom stereocenters. The van der Waals surface area contributed by atoms with Crippen molar-refractivity contribution in [3.05, 3.63) is 76.4 Å². The molecule has 1 aromatic carbocycles. The SMILES string of the molecule is O=C(NCc1ccco1)c1ccc(Nc2cc(Cl)ccc2Cl)cn1. The molecule has 7 heteroatoms. The fourth-order valence-electron chi connectivity index (χ4n) is 2.02. The Balaban J connectivity index is 1.64. The van der Waals surface area contributed by atoms with E-state index < -0.39 is 0 Å². The van der Waals surface area contributed by atoms with Gasteiger partial charge in [-0.3, -0.25) is 4.79 Å². The Bertz CT molecular complexity index is 834. The number of nitrogens with one attached hydrogen (secondary N) is 2. The first-order chi connectivity index (χ1) is 11.6. The summed E-state index contributed by atoms with van der Waals surface area (Å²) in [7, 11) is 0. The number of aromatic nitrogens is 1. The highest BCUT2D eigenvalue weighted by molar-refractivity contribution is 6.35. The van der Waals surface area contributed by atoms with Gasteiger partial charge in [0.1, 0.15) is 11.5 Å². The molecular weight excluding hydrogens is 349 g/mol. The molecule has 0 aliphatic heterocycles. The lowest BCUT2D eigenvalue weighted by Gasteiger charge is -2.09. The maximum Gasteiger partial charge on any atom is 0.270 e. The third-order valence-corrected chi connectivity index (χ3v) is 3.77. The van der Waals surface area contributed by atoms with Gasteiger partial charge in [0.15, 0.2) is 0 Å². The number of pyridine rings is 1. The van der Waals surface area contributed by atoms with Crippen molar-refractivity contribution in [2.24, 2.45) is 0 Å². The van der Waals surface area contributed by atoms with E-state index in [1.165, 1.54) is 0 Å². The van der Waals surface area contributed by atoms with Crippen LogP contribution in [0.25, 0.3) is 0 Å². The van der Waals surface area contributed by atoms with Crippen molar-refractivity contribution < 1.29 is 9.21 Å². The van der Waals surface area contributed by atoms with Gasteiger partial charge in [-0.15, -0.1) is 0 Å². The molecule has 3 rings (SSSR count). The number of amides is 1. The van der Waals surface area contributed by atoms with E-state index in [1.807, 2.05) is 0 Å². The number of rotatable bonds is 5. The van der Waals surface area contributed by atoms with Crippen LogP contribution in [-0.4, -0.2) is 10.9 Å². The van der Waals surface area contributed by atoms with Gasteiger partial charge < -0.3 is 15.1 Å².